The number of anilines is 1. The van der Waals surface area contributed by atoms with Gasteiger partial charge in [-0.3, -0.25) is 25.0 Å². The summed E-state index contributed by atoms with van der Waals surface area (Å²) in [7, 11) is 0. The fourth-order valence-electron chi connectivity index (χ4n) is 2.22. The highest BCUT2D eigenvalue weighted by atomic mass is 16.6. The zero-order valence-electron chi connectivity index (χ0n) is 10.3. The second kappa shape index (κ2) is 5.11. The molecule has 1 aliphatic rings. The van der Waals surface area contributed by atoms with E-state index in [0.29, 0.717) is 13.0 Å². The van der Waals surface area contributed by atoms with Crippen molar-refractivity contribution in [2.45, 2.75) is 6.42 Å². The topological polar surface area (TPSA) is 127 Å². The number of carboxylic acids is 1. The Kier molecular flexibility index (Phi) is 3.51. The smallest absolute Gasteiger partial charge is 0.308 e. The molecule has 1 heterocycles. The van der Waals surface area contributed by atoms with Gasteiger partial charge in [-0.05, 0) is 12.5 Å². The first kappa shape index (κ1) is 13.7. The Morgan fingerprint density at radius 1 is 1.30 bits per heavy atom. The van der Waals surface area contributed by atoms with E-state index in [0.717, 1.165) is 6.07 Å². The van der Waals surface area contributed by atoms with Crippen LogP contribution in [-0.4, -0.2) is 34.0 Å². The highest BCUT2D eigenvalue weighted by Gasteiger charge is 2.32. The molecular weight excluding hydrogens is 270 g/mol. The Morgan fingerprint density at radius 2 is 2.00 bits per heavy atom. The maximum absolute atomic E-state index is 11.0. The molecule has 2 rings (SSSR count). The van der Waals surface area contributed by atoms with Crippen LogP contribution in [0.15, 0.2) is 18.2 Å². The third-order valence-electron chi connectivity index (χ3n) is 3.24. The van der Waals surface area contributed by atoms with Crippen LogP contribution in [0.2, 0.25) is 0 Å². The van der Waals surface area contributed by atoms with E-state index in [1.807, 2.05) is 0 Å². The van der Waals surface area contributed by atoms with Crippen molar-refractivity contribution in [2.75, 3.05) is 18.0 Å². The van der Waals surface area contributed by atoms with E-state index in [1.54, 1.807) is 4.90 Å². The van der Waals surface area contributed by atoms with Gasteiger partial charge in [0.05, 0.1) is 21.8 Å². The summed E-state index contributed by atoms with van der Waals surface area (Å²) in [6.45, 7) is 0.531. The molecule has 1 N–H and O–H groups in total. The van der Waals surface area contributed by atoms with Gasteiger partial charge in [-0.25, -0.2) is 0 Å². The minimum atomic E-state index is -0.947. The lowest BCUT2D eigenvalue weighted by atomic mass is 10.1. The van der Waals surface area contributed by atoms with Crippen molar-refractivity contribution in [3.05, 3.63) is 38.4 Å². The lowest BCUT2D eigenvalue weighted by Gasteiger charge is -2.17. The van der Waals surface area contributed by atoms with Crippen LogP contribution in [0.1, 0.15) is 6.42 Å². The van der Waals surface area contributed by atoms with Gasteiger partial charge in [0.15, 0.2) is 0 Å². The molecule has 0 radical (unpaired) electrons. The average Bonchev–Trinajstić information content (AvgIpc) is 2.87. The van der Waals surface area contributed by atoms with Gasteiger partial charge >= 0.3 is 5.97 Å². The minimum Gasteiger partial charge on any atom is -0.481 e. The molecule has 0 saturated carbocycles. The van der Waals surface area contributed by atoms with Crippen molar-refractivity contribution in [3.63, 3.8) is 0 Å². The molecule has 9 heteroatoms. The minimum absolute atomic E-state index is 0.161. The Labute approximate surface area is 112 Å². The van der Waals surface area contributed by atoms with Gasteiger partial charge in [0, 0.05) is 19.2 Å². The van der Waals surface area contributed by atoms with Crippen LogP contribution >= 0.6 is 0 Å². The van der Waals surface area contributed by atoms with Gasteiger partial charge in [0.1, 0.15) is 5.69 Å². The summed E-state index contributed by atoms with van der Waals surface area (Å²) in [5.41, 5.74) is -0.538. The molecule has 0 aliphatic carbocycles. The van der Waals surface area contributed by atoms with E-state index in [4.69, 9.17) is 5.11 Å². The predicted octanol–water partition coefficient (Wildman–Crippen LogP) is 1.41. The normalized spacial score (nSPS) is 18.0. The molecule has 1 unspecified atom stereocenters. The van der Waals surface area contributed by atoms with Crippen LogP contribution in [-0.2, 0) is 4.79 Å². The summed E-state index contributed by atoms with van der Waals surface area (Å²) in [4.78, 5) is 32.7. The van der Waals surface area contributed by atoms with Crippen molar-refractivity contribution in [1.82, 2.24) is 0 Å². The molecule has 0 aromatic heterocycles. The Morgan fingerprint density at radius 3 is 2.50 bits per heavy atom. The molecule has 1 fully saturated rings. The highest BCUT2D eigenvalue weighted by molar-refractivity contribution is 5.74. The number of rotatable bonds is 4. The van der Waals surface area contributed by atoms with Gasteiger partial charge in [-0.1, -0.05) is 0 Å². The van der Waals surface area contributed by atoms with Crippen molar-refractivity contribution in [2.24, 2.45) is 5.92 Å². The number of nitro groups is 2. The van der Waals surface area contributed by atoms with E-state index >= 15 is 0 Å². The number of carbonyl (C=O) groups is 1. The monoisotopic (exact) mass is 281 g/mol. The number of nitrogens with zero attached hydrogens (tertiary/aromatic N) is 3. The van der Waals surface area contributed by atoms with E-state index in [9.17, 15) is 25.0 Å². The summed E-state index contributed by atoms with van der Waals surface area (Å²) >= 11 is 0. The fraction of sp³-hybridized carbons (Fsp3) is 0.364. The predicted molar refractivity (Wildman–Crippen MR) is 67.7 cm³/mol. The summed E-state index contributed by atoms with van der Waals surface area (Å²) in [5, 5.41) is 30.6. The molecule has 0 bridgehead atoms. The zero-order chi connectivity index (χ0) is 14.9. The first-order chi connectivity index (χ1) is 9.40. The molecule has 1 saturated heterocycles. The van der Waals surface area contributed by atoms with E-state index in [-0.39, 0.29) is 23.6 Å². The quantitative estimate of drug-likeness (QED) is 0.652. The maximum Gasteiger partial charge on any atom is 0.308 e. The fourth-order valence-corrected chi connectivity index (χ4v) is 2.22. The first-order valence-electron chi connectivity index (χ1n) is 5.80. The SMILES string of the molecule is O=C(O)C1CCN(c2ccc([N+](=O)[O-])cc2[N+](=O)[O-])C1. The number of aliphatic carboxylic acids is 1. The van der Waals surface area contributed by atoms with Crippen molar-refractivity contribution < 1.29 is 19.7 Å². The molecule has 1 atom stereocenters. The zero-order valence-corrected chi connectivity index (χ0v) is 10.3. The Balaban J connectivity index is 2.35. The second-order valence-corrected chi connectivity index (χ2v) is 4.46. The maximum atomic E-state index is 11.0. The second-order valence-electron chi connectivity index (χ2n) is 4.46. The van der Waals surface area contributed by atoms with E-state index in [2.05, 4.69) is 0 Å². The van der Waals surface area contributed by atoms with Crippen LogP contribution in [0.25, 0.3) is 0 Å². The number of carboxylic acid groups (broad SMARTS) is 1. The Bertz CT molecular complexity index is 588. The molecule has 106 valence electrons. The molecule has 1 aliphatic heterocycles. The summed E-state index contributed by atoms with van der Waals surface area (Å²) < 4.78 is 0. The number of hydrogen-bond acceptors (Lipinski definition) is 6. The van der Waals surface area contributed by atoms with Crippen LogP contribution in [0.5, 0.6) is 0 Å². The van der Waals surface area contributed by atoms with Crippen LogP contribution in [0.3, 0.4) is 0 Å². The standard InChI is InChI=1S/C11H11N3O6/c15-11(16)7-3-4-12(6-7)9-2-1-8(13(17)18)5-10(9)14(19)20/h1-2,5,7H,3-4,6H2,(H,15,16). The first-order valence-corrected chi connectivity index (χ1v) is 5.80. The van der Waals surface area contributed by atoms with Gasteiger partial charge in [0.2, 0.25) is 0 Å². The molecule has 0 amide bonds. The Hall–Kier alpha value is -2.71. The average molecular weight is 281 g/mol. The lowest BCUT2D eigenvalue weighted by Crippen LogP contribution is -2.23. The third-order valence-corrected chi connectivity index (χ3v) is 3.24. The number of benzene rings is 1. The van der Waals surface area contributed by atoms with Crippen LogP contribution in [0, 0.1) is 26.1 Å². The van der Waals surface area contributed by atoms with Gasteiger partial charge in [-0.15, -0.1) is 0 Å². The van der Waals surface area contributed by atoms with E-state index in [1.165, 1.54) is 12.1 Å². The molecule has 9 nitrogen and oxygen atoms in total. The van der Waals surface area contributed by atoms with Crippen LogP contribution in [0.4, 0.5) is 17.1 Å². The lowest BCUT2D eigenvalue weighted by molar-refractivity contribution is -0.393. The summed E-state index contributed by atoms with van der Waals surface area (Å²) in [6, 6.07) is 3.36. The molecule has 1 aromatic carbocycles. The van der Waals surface area contributed by atoms with Gasteiger partial charge < -0.3 is 10.0 Å². The number of hydrogen-bond donors (Lipinski definition) is 1. The highest BCUT2D eigenvalue weighted by Crippen LogP contribution is 2.34. The van der Waals surface area contributed by atoms with E-state index < -0.39 is 21.7 Å². The largest absolute Gasteiger partial charge is 0.481 e. The molecule has 20 heavy (non-hydrogen) atoms. The van der Waals surface area contributed by atoms with Gasteiger partial charge in [0.25, 0.3) is 11.4 Å². The molecule has 0 spiro atoms. The molecular formula is C11H11N3O6. The van der Waals surface area contributed by atoms with Crippen LogP contribution < -0.4 is 4.90 Å². The number of non-ortho nitro benzene ring substituents is 1. The van der Waals surface area contributed by atoms with Crippen molar-refractivity contribution >= 4 is 23.0 Å². The van der Waals surface area contributed by atoms with Gasteiger partial charge in [-0.2, -0.15) is 0 Å². The summed E-state index contributed by atoms with van der Waals surface area (Å²) in [6.07, 6.45) is 0.392. The summed E-state index contributed by atoms with van der Waals surface area (Å²) in [5.74, 6) is -1.53. The third kappa shape index (κ3) is 2.51. The van der Waals surface area contributed by atoms with Crippen molar-refractivity contribution in [1.29, 1.82) is 0 Å². The number of nitro benzene ring substituents is 2. The van der Waals surface area contributed by atoms with Crippen molar-refractivity contribution in [3.8, 4) is 0 Å². The molecule has 1 aromatic rings.